The zero-order valence-corrected chi connectivity index (χ0v) is 24.5. The predicted molar refractivity (Wildman–Crippen MR) is 157 cm³/mol. The Labute approximate surface area is 240 Å². The van der Waals surface area contributed by atoms with Crippen LogP contribution in [0.5, 0.6) is 0 Å². The van der Waals surface area contributed by atoms with Crippen LogP contribution in [0.4, 0.5) is 5.69 Å². The first-order chi connectivity index (χ1) is 18.5. The number of nitrogens with zero attached hydrogens (tertiary/aromatic N) is 2. The average molecular weight is 591 g/mol. The van der Waals surface area contributed by atoms with Gasteiger partial charge in [0.15, 0.2) is 0 Å². The first-order valence-corrected chi connectivity index (χ1v) is 15.2. The number of halogens is 2. The van der Waals surface area contributed by atoms with Crippen molar-refractivity contribution in [1.82, 2.24) is 10.2 Å². The van der Waals surface area contributed by atoms with Crippen molar-refractivity contribution >= 4 is 50.7 Å². The Bertz CT molecular complexity index is 1370. The quantitative estimate of drug-likeness (QED) is 0.310. The third-order valence-corrected chi connectivity index (χ3v) is 8.28. The van der Waals surface area contributed by atoms with E-state index in [0.717, 1.165) is 21.7 Å². The number of nitrogens with one attached hydrogen (secondary N) is 1. The summed E-state index contributed by atoms with van der Waals surface area (Å²) in [5.41, 5.74) is 1.75. The number of hydrogen-bond donors (Lipinski definition) is 1. The minimum absolute atomic E-state index is 0.0161. The summed E-state index contributed by atoms with van der Waals surface area (Å²) in [7, 11) is -3.94. The Hall–Kier alpha value is -3.07. The van der Waals surface area contributed by atoms with Gasteiger partial charge in [0.1, 0.15) is 12.6 Å². The molecule has 39 heavy (non-hydrogen) atoms. The standard InChI is InChI=1S/C29H33Cl2N3O4S/c1-4-21(2)32-29(36)26(18-22-12-7-5-8-13-22)33(19-23-14-9-6-10-15-23)27(35)20-34(39(3,37)38)25-17-11-16-24(30)28(25)31/h5-17,21,26H,4,18-20H2,1-3H3,(H,32,36)/t21-,26-/m0/s1. The van der Waals surface area contributed by atoms with E-state index >= 15 is 0 Å². The third kappa shape index (κ3) is 8.46. The summed E-state index contributed by atoms with van der Waals surface area (Å²) in [4.78, 5) is 29.1. The molecule has 208 valence electrons. The van der Waals surface area contributed by atoms with Gasteiger partial charge in [-0.15, -0.1) is 0 Å². The van der Waals surface area contributed by atoms with Crippen molar-refractivity contribution in [1.29, 1.82) is 0 Å². The van der Waals surface area contributed by atoms with Crippen LogP contribution in [0.3, 0.4) is 0 Å². The van der Waals surface area contributed by atoms with Crippen LogP contribution in [-0.2, 0) is 32.6 Å². The molecule has 3 aromatic carbocycles. The molecule has 0 radical (unpaired) electrons. The molecular formula is C29H33Cl2N3O4S. The van der Waals surface area contributed by atoms with E-state index in [4.69, 9.17) is 23.2 Å². The van der Waals surface area contributed by atoms with Gasteiger partial charge in [0.05, 0.1) is 22.0 Å². The smallest absolute Gasteiger partial charge is 0.244 e. The highest BCUT2D eigenvalue weighted by Crippen LogP contribution is 2.33. The number of sulfonamides is 1. The molecule has 0 saturated carbocycles. The summed E-state index contributed by atoms with van der Waals surface area (Å²) >= 11 is 12.5. The van der Waals surface area contributed by atoms with Gasteiger partial charge in [-0.05, 0) is 36.6 Å². The largest absolute Gasteiger partial charge is 0.352 e. The number of amides is 2. The zero-order valence-electron chi connectivity index (χ0n) is 22.2. The highest BCUT2D eigenvalue weighted by Gasteiger charge is 2.34. The van der Waals surface area contributed by atoms with Gasteiger partial charge < -0.3 is 10.2 Å². The molecule has 3 rings (SSSR count). The number of rotatable bonds is 12. The van der Waals surface area contributed by atoms with Gasteiger partial charge in [-0.2, -0.15) is 0 Å². The maximum atomic E-state index is 14.0. The lowest BCUT2D eigenvalue weighted by atomic mass is 10.0. The van der Waals surface area contributed by atoms with Crippen molar-refractivity contribution in [2.24, 2.45) is 0 Å². The van der Waals surface area contributed by atoms with Crippen molar-refractivity contribution in [3.05, 3.63) is 100 Å². The van der Waals surface area contributed by atoms with Crippen LogP contribution in [0.1, 0.15) is 31.4 Å². The first kappa shape index (κ1) is 30.5. The summed E-state index contributed by atoms with van der Waals surface area (Å²) < 4.78 is 26.7. The number of anilines is 1. The number of carbonyl (C=O) groups is 2. The van der Waals surface area contributed by atoms with E-state index in [1.165, 1.54) is 17.0 Å². The fourth-order valence-corrected chi connectivity index (χ4v) is 5.36. The van der Waals surface area contributed by atoms with E-state index in [0.29, 0.717) is 6.42 Å². The van der Waals surface area contributed by atoms with E-state index in [9.17, 15) is 18.0 Å². The molecule has 0 aliphatic rings. The summed E-state index contributed by atoms with van der Waals surface area (Å²) in [5, 5.41) is 3.17. The van der Waals surface area contributed by atoms with Crippen LogP contribution in [-0.4, -0.2) is 50.0 Å². The number of hydrogen-bond acceptors (Lipinski definition) is 4. The lowest BCUT2D eigenvalue weighted by molar-refractivity contribution is -0.140. The topological polar surface area (TPSA) is 86.8 Å². The predicted octanol–water partition coefficient (Wildman–Crippen LogP) is 5.31. The summed E-state index contributed by atoms with van der Waals surface area (Å²) in [5.74, 6) is -0.871. The molecule has 0 saturated heterocycles. The molecule has 0 spiro atoms. The van der Waals surface area contributed by atoms with Gasteiger partial charge in [-0.3, -0.25) is 13.9 Å². The third-order valence-electron chi connectivity index (χ3n) is 6.35. The molecular weight excluding hydrogens is 557 g/mol. The Morgan fingerprint density at radius 1 is 0.897 bits per heavy atom. The number of benzene rings is 3. The van der Waals surface area contributed by atoms with Crippen LogP contribution >= 0.6 is 23.2 Å². The molecule has 0 aliphatic heterocycles. The zero-order chi connectivity index (χ0) is 28.6. The normalized spacial score (nSPS) is 12.8. The molecule has 2 atom stereocenters. The second-order valence-corrected chi connectivity index (χ2v) is 12.1. The van der Waals surface area contributed by atoms with Crippen LogP contribution in [0, 0.1) is 0 Å². The van der Waals surface area contributed by atoms with Gasteiger partial charge in [-0.25, -0.2) is 8.42 Å². The first-order valence-electron chi connectivity index (χ1n) is 12.6. The monoisotopic (exact) mass is 589 g/mol. The van der Waals surface area contributed by atoms with Crippen molar-refractivity contribution < 1.29 is 18.0 Å². The molecule has 10 heteroatoms. The Kier molecular flexibility index (Phi) is 10.8. The van der Waals surface area contributed by atoms with Gasteiger partial charge in [0.2, 0.25) is 21.8 Å². The van der Waals surface area contributed by atoms with Crippen LogP contribution in [0.25, 0.3) is 0 Å². The second kappa shape index (κ2) is 13.8. The molecule has 0 aromatic heterocycles. The highest BCUT2D eigenvalue weighted by molar-refractivity contribution is 7.92. The van der Waals surface area contributed by atoms with Gasteiger partial charge >= 0.3 is 0 Å². The average Bonchev–Trinajstić information content (AvgIpc) is 2.91. The molecule has 7 nitrogen and oxygen atoms in total. The van der Waals surface area contributed by atoms with Crippen molar-refractivity contribution in [2.75, 3.05) is 17.1 Å². The van der Waals surface area contributed by atoms with E-state index < -0.39 is 28.5 Å². The fourth-order valence-electron chi connectivity index (χ4n) is 4.05. The van der Waals surface area contributed by atoms with Crippen LogP contribution in [0.2, 0.25) is 10.0 Å². The molecule has 0 bridgehead atoms. The summed E-state index contributed by atoms with van der Waals surface area (Å²) in [6.45, 7) is 3.40. The minimum Gasteiger partial charge on any atom is -0.352 e. The van der Waals surface area contributed by atoms with E-state index in [2.05, 4.69) is 5.32 Å². The maximum absolute atomic E-state index is 14.0. The highest BCUT2D eigenvalue weighted by atomic mass is 35.5. The lowest BCUT2D eigenvalue weighted by Gasteiger charge is -2.34. The van der Waals surface area contributed by atoms with E-state index in [1.807, 2.05) is 74.5 Å². The van der Waals surface area contributed by atoms with Crippen molar-refractivity contribution in [3.8, 4) is 0 Å². The number of carbonyl (C=O) groups excluding carboxylic acids is 2. The van der Waals surface area contributed by atoms with Crippen LogP contribution in [0.15, 0.2) is 78.9 Å². The molecule has 0 fully saturated rings. The second-order valence-electron chi connectivity index (χ2n) is 9.37. The lowest BCUT2D eigenvalue weighted by Crippen LogP contribution is -2.54. The van der Waals surface area contributed by atoms with E-state index in [1.54, 1.807) is 6.07 Å². The Morgan fingerprint density at radius 3 is 2.05 bits per heavy atom. The summed E-state index contributed by atoms with van der Waals surface area (Å²) in [6, 6.07) is 22.2. The molecule has 2 amide bonds. The summed E-state index contributed by atoms with van der Waals surface area (Å²) in [6.07, 6.45) is 1.96. The SMILES string of the molecule is CC[C@H](C)NC(=O)[C@H](Cc1ccccc1)N(Cc1ccccc1)C(=O)CN(c1cccc(Cl)c1Cl)S(C)(=O)=O. The molecule has 0 unspecified atom stereocenters. The maximum Gasteiger partial charge on any atom is 0.244 e. The van der Waals surface area contributed by atoms with Gasteiger partial charge in [0.25, 0.3) is 0 Å². The van der Waals surface area contributed by atoms with Crippen molar-refractivity contribution in [3.63, 3.8) is 0 Å². The van der Waals surface area contributed by atoms with Gasteiger partial charge in [0, 0.05) is 19.0 Å². The Morgan fingerprint density at radius 2 is 1.49 bits per heavy atom. The fraction of sp³-hybridized carbons (Fsp3) is 0.310. The minimum atomic E-state index is -3.94. The van der Waals surface area contributed by atoms with Crippen molar-refractivity contribution in [2.45, 2.75) is 45.3 Å². The molecule has 3 aromatic rings. The molecule has 1 N–H and O–H groups in total. The van der Waals surface area contributed by atoms with Gasteiger partial charge in [-0.1, -0.05) is 96.9 Å². The van der Waals surface area contributed by atoms with Crippen LogP contribution < -0.4 is 9.62 Å². The molecule has 0 heterocycles. The Balaban J connectivity index is 2.06. The molecule has 0 aliphatic carbocycles. The van der Waals surface area contributed by atoms with E-state index in [-0.39, 0.29) is 40.6 Å².